The average Bonchev–Trinajstić information content (AvgIpc) is 3.30. The van der Waals surface area contributed by atoms with Gasteiger partial charge in [-0.25, -0.2) is 9.97 Å². The van der Waals surface area contributed by atoms with E-state index in [9.17, 15) is 4.79 Å². The highest BCUT2D eigenvalue weighted by atomic mass is 16.5. The molecule has 1 aromatic heterocycles. The molecule has 7 nitrogen and oxygen atoms in total. The summed E-state index contributed by atoms with van der Waals surface area (Å²) in [4.78, 5) is 26.0. The molecule has 0 unspecified atom stereocenters. The number of carbonyl (C=O) groups excluding carboxylic acids is 1. The summed E-state index contributed by atoms with van der Waals surface area (Å²) >= 11 is 0. The molecule has 5 heterocycles. The maximum absolute atomic E-state index is 12.5. The zero-order valence-electron chi connectivity index (χ0n) is 16.6. The van der Waals surface area contributed by atoms with E-state index in [1.165, 1.54) is 25.7 Å². The molecule has 0 saturated carbocycles. The number of aromatic nitrogens is 2. The van der Waals surface area contributed by atoms with Crippen LogP contribution in [0.25, 0.3) is 0 Å². The summed E-state index contributed by atoms with van der Waals surface area (Å²) in [7, 11) is 0. The monoisotopic (exact) mass is 385 g/mol. The Morgan fingerprint density at radius 1 is 1.21 bits per heavy atom. The first-order valence-corrected chi connectivity index (χ1v) is 10.9. The number of ether oxygens (including phenoxy) is 1. The van der Waals surface area contributed by atoms with Crippen molar-refractivity contribution in [1.29, 1.82) is 0 Å². The standard InChI is InChI=1S/C21H31N5O2/c27-19(14-25-10-3-1-2-4-11-25)24-12-16-17-13-26(20-22-8-5-9-23-20)15-21(17)7-6-18(16)28-21/h5,8-9,16-18H,1-4,6-7,10-15H2,(H,24,27)/t16-,17+,18+,21+/m0/s1. The third-order valence-corrected chi connectivity index (χ3v) is 7.22. The Hall–Kier alpha value is -1.73. The van der Waals surface area contributed by atoms with E-state index in [-0.39, 0.29) is 11.5 Å². The van der Waals surface area contributed by atoms with Crippen molar-refractivity contribution in [3.8, 4) is 0 Å². The molecule has 1 aromatic rings. The van der Waals surface area contributed by atoms with E-state index in [1.54, 1.807) is 12.4 Å². The van der Waals surface area contributed by atoms with Gasteiger partial charge in [-0.2, -0.15) is 0 Å². The number of amides is 1. The molecular formula is C21H31N5O2. The average molecular weight is 386 g/mol. The zero-order valence-corrected chi connectivity index (χ0v) is 16.6. The van der Waals surface area contributed by atoms with Gasteiger partial charge in [0.1, 0.15) is 0 Å². The van der Waals surface area contributed by atoms with Crippen LogP contribution in [0.4, 0.5) is 5.95 Å². The number of hydrogen-bond acceptors (Lipinski definition) is 6. The van der Waals surface area contributed by atoms with E-state index in [1.807, 2.05) is 6.07 Å². The molecule has 152 valence electrons. The van der Waals surface area contributed by atoms with Crippen LogP contribution in [0.3, 0.4) is 0 Å². The fourth-order valence-electron chi connectivity index (χ4n) is 5.86. The number of hydrogen-bond donors (Lipinski definition) is 1. The first-order chi connectivity index (χ1) is 13.7. The van der Waals surface area contributed by atoms with E-state index >= 15 is 0 Å². The van der Waals surface area contributed by atoms with E-state index < -0.39 is 0 Å². The number of carbonyl (C=O) groups is 1. The Labute approximate surface area is 166 Å². The van der Waals surface area contributed by atoms with Gasteiger partial charge in [-0.3, -0.25) is 9.69 Å². The van der Waals surface area contributed by atoms with Crippen LogP contribution in [0.5, 0.6) is 0 Å². The summed E-state index contributed by atoms with van der Waals surface area (Å²) in [5.41, 5.74) is -0.0654. The molecule has 4 aliphatic rings. The lowest BCUT2D eigenvalue weighted by molar-refractivity contribution is -0.122. The Balaban J connectivity index is 1.19. The molecule has 1 N–H and O–H groups in total. The minimum absolute atomic E-state index is 0.0654. The van der Waals surface area contributed by atoms with Gasteiger partial charge in [-0.15, -0.1) is 0 Å². The normalized spacial score (nSPS) is 35.0. The van der Waals surface area contributed by atoms with Crippen LogP contribution in [-0.4, -0.2) is 71.7 Å². The minimum Gasteiger partial charge on any atom is -0.369 e. The van der Waals surface area contributed by atoms with Crippen LogP contribution in [0.15, 0.2) is 18.5 Å². The molecule has 0 aromatic carbocycles. The molecule has 0 aliphatic carbocycles. The molecule has 4 saturated heterocycles. The molecule has 2 bridgehead atoms. The second kappa shape index (κ2) is 7.59. The fourth-order valence-corrected chi connectivity index (χ4v) is 5.86. The number of rotatable bonds is 5. The lowest BCUT2D eigenvalue weighted by Crippen LogP contribution is -2.44. The van der Waals surface area contributed by atoms with Gasteiger partial charge in [0.2, 0.25) is 11.9 Å². The summed E-state index contributed by atoms with van der Waals surface area (Å²) in [6.45, 7) is 5.18. The molecule has 5 rings (SSSR count). The van der Waals surface area contributed by atoms with Gasteiger partial charge in [0.15, 0.2) is 0 Å². The van der Waals surface area contributed by atoms with Crippen LogP contribution < -0.4 is 10.2 Å². The SMILES string of the molecule is O=C(CN1CCCCCC1)NC[C@H]1[C@H]2CN(c3ncccn3)C[C@]23CC[C@H]1O3. The Bertz CT molecular complexity index is 693. The largest absolute Gasteiger partial charge is 0.369 e. The molecule has 0 radical (unpaired) electrons. The number of anilines is 1. The van der Waals surface area contributed by atoms with E-state index in [2.05, 4.69) is 25.1 Å². The predicted molar refractivity (Wildman–Crippen MR) is 106 cm³/mol. The van der Waals surface area contributed by atoms with Crippen molar-refractivity contribution in [2.75, 3.05) is 44.2 Å². The van der Waals surface area contributed by atoms with Crippen LogP contribution in [0.2, 0.25) is 0 Å². The van der Waals surface area contributed by atoms with Gasteiger partial charge < -0.3 is 15.0 Å². The Morgan fingerprint density at radius 3 is 2.79 bits per heavy atom. The lowest BCUT2D eigenvalue weighted by Gasteiger charge is -2.29. The summed E-state index contributed by atoms with van der Waals surface area (Å²) in [6, 6.07) is 1.85. The van der Waals surface area contributed by atoms with Gasteiger partial charge in [0.05, 0.1) is 24.8 Å². The zero-order chi connectivity index (χ0) is 19.0. The van der Waals surface area contributed by atoms with Crippen molar-refractivity contribution in [3.05, 3.63) is 18.5 Å². The maximum atomic E-state index is 12.5. The van der Waals surface area contributed by atoms with Crippen molar-refractivity contribution in [2.45, 2.75) is 50.2 Å². The minimum atomic E-state index is -0.0654. The smallest absolute Gasteiger partial charge is 0.234 e. The third-order valence-electron chi connectivity index (χ3n) is 7.22. The molecule has 7 heteroatoms. The highest BCUT2D eigenvalue weighted by molar-refractivity contribution is 5.78. The molecule has 1 spiro atoms. The van der Waals surface area contributed by atoms with Crippen LogP contribution >= 0.6 is 0 Å². The molecular weight excluding hydrogens is 354 g/mol. The Morgan fingerprint density at radius 2 is 2.00 bits per heavy atom. The van der Waals surface area contributed by atoms with Crippen molar-refractivity contribution >= 4 is 11.9 Å². The lowest BCUT2D eigenvalue weighted by atomic mass is 9.73. The fraction of sp³-hybridized carbons (Fsp3) is 0.762. The maximum Gasteiger partial charge on any atom is 0.234 e. The quantitative estimate of drug-likeness (QED) is 0.827. The van der Waals surface area contributed by atoms with Crippen molar-refractivity contribution in [3.63, 3.8) is 0 Å². The second-order valence-corrected chi connectivity index (χ2v) is 8.95. The van der Waals surface area contributed by atoms with Crippen molar-refractivity contribution < 1.29 is 9.53 Å². The van der Waals surface area contributed by atoms with E-state index in [0.29, 0.717) is 24.5 Å². The number of likely N-dealkylation sites (tertiary alicyclic amines) is 1. The molecule has 28 heavy (non-hydrogen) atoms. The van der Waals surface area contributed by atoms with Gasteiger partial charge in [0, 0.05) is 37.3 Å². The topological polar surface area (TPSA) is 70.6 Å². The molecule has 1 amide bonds. The highest BCUT2D eigenvalue weighted by Gasteiger charge is 2.63. The molecule has 4 aliphatic heterocycles. The molecule has 4 fully saturated rings. The first-order valence-electron chi connectivity index (χ1n) is 10.9. The number of nitrogens with zero attached hydrogens (tertiary/aromatic N) is 4. The van der Waals surface area contributed by atoms with Gasteiger partial charge in [-0.05, 0) is 44.8 Å². The van der Waals surface area contributed by atoms with E-state index in [4.69, 9.17) is 4.74 Å². The van der Waals surface area contributed by atoms with Crippen LogP contribution in [0.1, 0.15) is 38.5 Å². The highest BCUT2D eigenvalue weighted by Crippen LogP contribution is 2.54. The number of nitrogens with one attached hydrogen (secondary N) is 1. The van der Waals surface area contributed by atoms with Crippen molar-refractivity contribution in [1.82, 2.24) is 20.2 Å². The summed E-state index contributed by atoms with van der Waals surface area (Å²) in [5, 5.41) is 3.23. The van der Waals surface area contributed by atoms with Gasteiger partial charge >= 0.3 is 0 Å². The van der Waals surface area contributed by atoms with Crippen molar-refractivity contribution in [2.24, 2.45) is 11.8 Å². The summed E-state index contributed by atoms with van der Waals surface area (Å²) < 4.78 is 6.49. The first kappa shape index (κ1) is 18.3. The van der Waals surface area contributed by atoms with Crippen LogP contribution in [-0.2, 0) is 9.53 Å². The number of fused-ring (bicyclic) bond motifs is 1. The third kappa shape index (κ3) is 3.39. The summed E-state index contributed by atoms with van der Waals surface area (Å²) in [5.74, 6) is 1.81. The van der Waals surface area contributed by atoms with Crippen LogP contribution in [0, 0.1) is 11.8 Å². The predicted octanol–water partition coefficient (Wildman–Crippen LogP) is 1.45. The van der Waals surface area contributed by atoms with Gasteiger partial charge in [0.25, 0.3) is 0 Å². The second-order valence-electron chi connectivity index (χ2n) is 8.95. The van der Waals surface area contributed by atoms with Gasteiger partial charge in [-0.1, -0.05) is 12.8 Å². The summed E-state index contributed by atoms with van der Waals surface area (Å²) in [6.07, 6.45) is 11.1. The molecule has 4 atom stereocenters. The van der Waals surface area contributed by atoms with E-state index in [0.717, 1.165) is 51.5 Å². The Kier molecular flexibility index (Phi) is 4.97.